The van der Waals surface area contributed by atoms with Gasteiger partial charge in [-0.15, -0.1) is 0 Å². The number of aryl methyl sites for hydroxylation is 2. The van der Waals surface area contributed by atoms with Crippen molar-refractivity contribution in [3.05, 3.63) is 177 Å². The van der Waals surface area contributed by atoms with Gasteiger partial charge >= 0.3 is 66.7 Å². The molecule has 0 atom stereocenters. The zero-order valence-electron chi connectivity index (χ0n) is 45.0. The average Bonchev–Trinajstić information content (AvgIpc) is 3.97. The second-order valence-electron chi connectivity index (χ2n) is 18.8. The van der Waals surface area contributed by atoms with E-state index in [9.17, 15) is 0 Å². The molecule has 1 fully saturated rings. The van der Waals surface area contributed by atoms with Crippen LogP contribution in [0.15, 0.2) is 141 Å². The van der Waals surface area contributed by atoms with Crippen LogP contribution in [0.5, 0.6) is 0 Å². The Balaban J connectivity index is 0.000000319. The molecular formula is C60H74Cl4Fe2N6O. The topological polar surface area (TPSA) is 84.5 Å². The summed E-state index contributed by atoms with van der Waals surface area (Å²) in [6.07, 6.45) is 2.56. The molecule has 0 unspecified atom stereocenters. The third kappa shape index (κ3) is 20.9. The number of nitrogens with zero attached hydrogens (tertiary/aromatic N) is 6. The molecule has 2 aromatic heterocycles. The molecule has 0 saturated carbocycles. The zero-order valence-corrected chi connectivity index (χ0v) is 50.2. The fourth-order valence-electron chi connectivity index (χ4n) is 7.87. The minimum absolute atomic E-state index is 0.194. The molecule has 0 aliphatic carbocycles. The Kier molecular flexibility index (Phi) is 29.3. The molecule has 4 aromatic carbocycles. The fraction of sp³-hybridized carbons (Fsp3) is 0.367. The van der Waals surface area contributed by atoms with E-state index >= 15 is 0 Å². The normalized spacial score (nSPS) is 13.0. The summed E-state index contributed by atoms with van der Waals surface area (Å²) < 4.78 is 4.94. The number of ether oxygens (including phenoxy) is 1. The maximum absolute atomic E-state index is 4.99. The summed E-state index contributed by atoms with van der Waals surface area (Å²) in [6, 6.07) is 41.5. The number of hydrogen-bond donors (Lipinski definition) is 0. The molecule has 0 N–H and O–H groups in total. The molecule has 3 heterocycles. The van der Waals surface area contributed by atoms with Crippen LogP contribution in [0.1, 0.15) is 176 Å². The summed E-state index contributed by atoms with van der Waals surface area (Å²) in [6.45, 7) is 31.9. The van der Waals surface area contributed by atoms with Gasteiger partial charge in [-0.1, -0.05) is 140 Å². The van der Waals surface area contributed by atoms with Gasteiger partial charge in [0.1, 0.15) is 0 Å². The number of rotatable bonds is 12. The number of pyridine rings is 2. The summed E-state index contributed by atoms with van der Waals surface area (Å²) in [7, 11) is 19.1. The molecule has 1 saturated heterocycles. The third-order valence-electron chi connectivity index (χ3n) is 11.8. The summed E-state index contributed by atoms with van der Waals surface area (Å²) >= 11 is 0.389. The fourth-order valence-corrected chi connectivity index (χ4v) is 7.87. The predicted octanol–water partition coefficient (Wildman–Crippen LogP) is 19.4. The predicted molar refractivity (Wildman–Crippen MR) is 311 cm³/mol. The van der Waals surface area contributed by atoms with Crippen LogP contribution < -0.4 is 0 Å². The number of benzene rings is 4. The van der Waals surface area contributed by atoms with Crippen LogP contribution in [0.25, 0.3) is 0 Å². The van der Waals surface area contributed by atoms with Crippen LogP contribution in [0.3, 0.4) is 0 Å². The van der Waals surface area contributed by atoms with Crippen molar-refractivity contribution in [1.82, 2.24) is 9.97 Å². The number of para-hydroxylation sites is 4. The molecule has 7 nitrogen and oxygen atoms in total. The second kappa shape index (κ2) is 33.8. The Morgan fingerprint density at radius 3 is 0.973 bits per heavy atom. The zero-order chi connectivity index (χ0) is 54.0. The van der Waals surface area contributed by atoms with Crippen LogP contribution >= 0.6 is 40.4 Å². The summed E-state index contributed by atoms with van der Waals surface area (Å²) in [5, 5.41) is 0. The molecule has 6 aromatic rings. The first-order chi connectivity index (χ1) is 34.9. The Bertz CT molecular complexity index is 2580. The quantitative estimate of drug-likeness (QED) is 0.0904. The van der Waals surface area contributed by atoms with E-state index < -0.39 is 0 Å². The van der Waals surface area contributed by atoms with E-state index in [2.05, 4.69) is 142 Å². The van der Waals surface area contributed by atoms with Gasteiger partial charge in [0.25, 0.3) is 0 Å². The van der Waals surface area contributed by atoms with Crippen molar-refractivity contribution in [2.45, 2.75) is 133 Å². The van der Waals surface area contributed by atoms with Gasteiger partial charge < -0.3 is 4.74 Å². The van der Waals surface area contributed by atoms with Crippen molar-refractivity contribution in [3.8, 4) is 0 Å². The first kappa shape index (κ1) is 63.3. The molecule has 7 rings (SSSR count). The molecular weight excluding hydrogens is 1070 g/mol. The SMILES string of the molecule is C1CCOC1.CC(=Nc1ccccc1C(C)C)c1cccc(C(C)=Nc2c(C)cccc2C(C)C)n1.CC(=Nc1ccccc1C(C)C)c1cccc(C(C)=Nc2c(C)cccc2C(C)C)n1.[Cl][Fe][Cl].[Cl][Fe][Cl]. The van der Waals surface area contributed by atoms with E-state index in [1.807, 2.05) is 76.2 Å². The maximum atomic E-state index is 4.99. The first-order valence-electron chi connectivity index (χ1n) is 24.7. The Labute approximate surface area is 467 Å². The molecule has 1 aliphatic heterocycles. The number of halogens is 4. The molecule has 0 bridgehead atoms. The van der Waals surface area contributed by atoms with E-state index in [1.165, 1.54) is 46.2 Å². The van der Waals surface area contributed by atoms with Gasteiger partial charge in [-0.05, 0) is 148 Å². The Morgan fingerprint density at radius 2 is 0.685 bits per heavy atom. The Morgan fingerprint density at radius 1 is 0.411 bits per heavy atom. The molecule has 0 spiro atoms. The number of aliphatic imine (C=N–C) groups is 4. The van der Waals surface area contributed by atoms with Crippen molar-refractivity contribution in [3.63, 3.8) is 0 Å². The standard InChI is InChI=1S/2C28H33N3.C4H8O.4ClH.2Fe/c2*1-18(2)23-13-8-9-15-27(23)29-21(6)25-16-11-17-26(31-25)22(7)30-28-20(5)12-10-14-24(28)19(3)4;1-2-4-5-3-1;;;;;;/h2*8-19H,1-7H3;1-4H2;4*1H;;/q;;;;;;;2*+2/p-4. The van der Waals surface area contributed by atoms with E-state index in [-0.39, 0.29) is 26.3 Å². The Hall–Kier alpha value is -3.98. The monoisotopic (exact) mass is 1150 g/mol. The third-order valence-corrected chi connectivity index (χ3v) is 11.8. The number of aromatic nitrogens is 2. The molecule has 1 aliphatic rings. The van der Waals surface area contributed by atoms with Crippen molar-refractivity contribution >= 4 is 86.0 Å². The van der Waals surface area contributed by atoms with Gasteiger partial charge in [0.2, 0.25) is 0 Å². The van der Waals surface area contributed by atoms with Gasteiger partial charge in [-0.2, -0.15) is 0 Å². The van der Waals surface area contributed by atoms with Crippen LogP contribution in [-0.4, -0.2) is 46.0 Å². The van der Waals surface area contributed by atoms with Crippen LogP contribution in [0.2, 0.25) is 0 Å². The molecule has 13 heteroatoms. The van der Waals surface area contributed by atoms with Gasteiger partial charge in [0.05, 0.1) is 68.4 Å². The van der Waals surface area contributed by atoms with Crippen molar-refractivity contribution in [1.29, 1.82) is 0 Å². The van der Waals surface area contributed by atoms with Gasteiger partial charge in [-0.3, -0.25) is 20.0 Å². The second-order valence-corrected chi connectivity index (χ2v) is 22.4. The van der Waals surface area contributed by atoms with Gasteiger partial charge in [-0.25, -0.2) is 9.97 Å². The van der Waals surface area contributed by atoms with E-state index in [0.717, 1.165) is 81.6 Å². The average molecular weight is 1150 g/mol. The number of hydrogen-bond acceptors (Lipinski definition) is 7. The molecule has 394 valence electrons. The summed E-state index contributed by atoms with van der Waals surface area (Å²) in [5.74, 6) is 1.68. The van der Waals surface area contributed by atoms with Crippen molar-refractivity contribution in [2.75, 3.05) is 13.2 Å². The van der Waals surface area contributed by atoms with Crippen LogP contribution in [0.4, 0.5) is 22.7 Å². The summed E-state index contributed by atoms with van der Waals surface area (Å²) in [5.41, 5.74) is 18.6. The minimum atomic E-state index is 0.194. The van der Waals surface area contributed by atoms with Gasteiger partial charge in [0.15, 0.2) is 0 Å². The molecule has 73 heavy (non-hydrogen) atoms. The van der Waals surface area contributed by atoms with E-state index in [1.54, 1.807) is 0 Å². The first-order valence-corrected chi connectivity index (χ1v) is 30.8. The van der Waals surface area contributed by atoms with Crippen LogP contribution in [0, 0.1) is 13.8 Å². The molecule has 0 amide bonds. The van der Waals surface area contributed by atoms with E-state index in [0.29, 0.717) is 23.7 Å². The van der Waals surface area contributed by atoms with Crippen molar-refractivity contribution < 1.29 is 31.0 Å². The molecule has 0 radical (unpaired) electrons. The van der Waals surface area contributed by atoms with Gasteiger partial charge in [0, 0.05) is 13.2 Å². The van der Waals surface area contributed by atoms with Crippen LogP contribution in [-0.2, 0) is 31.0 Å². The van der Waals surface area contributed by atoms with E-state index in [4.69, 9.17) is 75.1 Å². The summed E-state index contributed by atoms with van der Waals surface area (Å²) in [4.78, 5) is 29.5. The van der Waals surface area contributed by atoms with Crippen molar-refractivity contribution in [2.24, 2.45) is 20.0 Å².